The van der Waals surface area contributed by atoms with Crippen LogP contribution in [0.2, 0.25) is 0 Å². The molecule has 2 aromatic rings. The van der Waals surface area contributed by atoms with Crippen molar-refractivity contribution in [3.63, 3.8) is 0 Å². The van der Waals surface area contributed by atoms with Crippen LogP contribution in [-0.4, -0.2) is 0 Å². The molecule has 0 saturated heterocycles. The van der Waals surface area contributed by atoms with Gasteiger partial charge in [0, 0.05) is 18.0 Å². The van der Waals surface area contributed by atoms with Gasteiger partial charge in [0.15, 0.2) is 0 Å². The Morgan fingerprint density at radius 3 is 2.48 bits per heavy atom. The molecule has 2 unspecified atom stereocenters. The smallest absolute Gasteiger partial charge is 0.126 e. The molecular weight excluding hydrogens is 265 g/mol. The van der Waals surface area contributed by atoms with Crippen LogP contribution in [0.5, 0.6) is 5.75 Å². The lowest BCUT2D eigenvalue weighted by molar-refractivity contribution is 0.160. The Labute approximate surface area is 124 Å². The van der Waals surface area contributed by atoms with E-state index in [0.717, 1.165) is 5.56 Å². The van der Waals surface area contributed by atoms with Gasteiger partial charge >= 0.3 is 0 Å². The fraction of sp³-hybridized carbons (Fsp3) is 0.333. The van der Waals surface area contributed by atoms with Gasteiger partial charge < -0.3 is 10.5 Å². The van der Waals surface area contributed by atoms with E-state index in [0.29, 0.717) is 12.2 Å². The fourth-order valence-electron chi connectivity index (χ4n) is 3.00. The molecule has 0 aliphatic carbocycles. The van der Waals surface area contributed by atoms with E-state index in [2.05, 4.69) is 32.9 Å². The maximum atomic E-state index is 13.3. The summed E-state index contributed by atoms with van der Waals surface area (Å²) in [6.07, 6.45) is 0.594. The monoisotopic (exact) mass is 285 g/mol. The van der Waals surface area contributed by atoms with Gasteiger partial charge in [-0.3, -0.25) is 0 Å². The van der Waals surface area contributed by atoms with Crippen LogP contribution in [0.3, 0.4) is 0 Å². The van der Waals surface area contributed by atoms with E-state index in [-0.39, 0.29) is 18.0 Å². The van der Waals surface area contributed by atoms with Crippen LogP contribution in [0.4, 0.5) is 4.39 Å². The molecule has 1 aliphatic rings. The number of rotatable bonds is 1. The number of hydrogen-bond acceptors (Lipinski definition) is 2. The number of fused-ring (bicyclic) bond motifs is 1. The van der Waals surface area contributed by atoms with Crippen molar-refractivity contribution in [3.05, 3.63) is 64.0 Å². The van der Waals surface area contributed by atoms with Gasteiger partial charge in [-0.2, -0.15) is 0 Å². The first-order valence-corrected chi connectivity index (χ1v) is 7.25. The van der Waals surface area contributed by atoms with Crippen molar-refractivity contribution >= 4 is 0 Å². The van der Waals surface area contributed by atoms with Gasteiger partial charge in [0.2, 0.25) is 0 Å². The third-order valence-corrected chi connectivity index (χ3v) is 4.34. The summed E-state index contributed by atoms with van der Waals surface area (Å²) in [4.78, 5) is 0. The third kappa shape index (κ3) is 2.54. The van der Waals surface area contributed by atoms with E-state index < -0.39 is 0 Å². The molecule has 0 aromatic heterocycles. The highest BCUT2D eigenvalue weighted by molar-refractivity contribution is 5.42. The molecule has 21 heavy (non-hydrogen) atoms. The van der Waals surface area contributed by atoms with Gasteiger partial charge in [0.1, 0.15) is 17.7 Å². The van der Waals surface area contributed by atoms with Crippen molar-refractivity contribution in [2.24, 2.45) is 5.73 Å². The highest BCUT2D eigenvalue weighted by Crippen LogP contribution is 2.41. The van der Waals surface area contributed by atoms with Crippen molar-refractivity contribution in [2.75, 3.05) is 0 Å². The van der Waals surface area contributed by atoms with E-state index in [1.54, 1.807) is 6.07 Å². The summed E-state index contributed by atoms with van der Waals surface area (Å²) in [5.41, 5.74) is 11.9. The second kappa shape index (κ2) is 5.15. The first-order chi connectivity index (χ1) is 9.95. The zero-order chi connectivity index (χ0) is 15.1. The SMILES string of the molecule is Cc1cc(C)c(C2CC(N)c3cc(F)ccc3O2)cc1C. The second-order valence-electron chi connectivity index (χ2n) is 5.92. The van der Waals surface area contributed by atoms with Crippen LogP contribution >= 0.6 is 0 Å². The van der Waals surface area contributed by atoms with Gasteiger partial charge in [-0.05, 0) is 61.2 Å². The first kappa shape index (κ1) is 14.1. The minimum atomic E-state index is -0.270. The molecule has 2 N–H and O–H groups in total. The van der Waals surface area contributed by atoms with Crippen molar-refractivity contribution in [1.82, 2.24) is 0 Å². The lowest BCUT2D eigenvalue weighted by Crippen LogP contribution is -2.25. The zero-order valence-electron chi connectivity index (χ0n) is 12.6. The molecule has 0 fully saturated rings. The summed E-state index contributed by atoms with van der Waals surface area (Å²) in [6.45, 7) is 6.30. The molecule has 1 aliphatic heterocycles. The average molecular weight is 285 g/mol. The second-order valence-corrected chi connectivity index (χ2v) is 5.92. The van der Waals surface area contributed by atoms with E-state index in [1.807, 2.05) is 0 Å². The molecule has 0 amide bonds. The highest BCUT2D eigenvalue weighted by Gasteiger charge is 2.28. The number of aryl methyl sites for hydroxylation is 3. The van der Waals surface area contributed by atoms with Gasteiger partial charge in [-0.25, -0.2) is 4.39 Å². The van der Waals surface area contributed by atoms with Crippen molar-refractivity contribution in [1.29, 1.82) is 0 Å². The zero-order valence-corrected chi connectivity index (χ0v) is 12.6. The average Bonchev–Trinajstić information content (AvgIpc) is 2.43. The van der Waals surface area contributed by atoms with Crippen molar-refractivity contribution in [2.45, 2.75) is 39.3 Å². The van der Waals surface area contributed by atoms with E-state index in [1.165, 1.54) is 34.4 Å². The number of hydrogen-bond donors (Lipinski definition) is 1. The van der Waals surface area contributed by atoms with Crippen molar-refractivity contribution < 1.29 is 9.13 Å². The van der Waals surface area contributed by atoms with Gasteiger partial charge in [-0.15, -0.1) is 0 Å². The predicted molar refractivity (Wildman–Crippen MR) is 82.0 cm³/mol. The minimum absolute atomic E-state index is 0.0720. The Morgan fingerprint density at radius 1 is 1.00 bits per heavy atom. The van der Waals surface area contributed by atoms with Crippen LogP contribution in [-0.2, 0) is 0 Å². The minimum Gasteiger partial charge on any atom is -0.485 e. The Morgan fingerprint density at radius 2 is 1.71 bits per heavy atom. The quantitative estimate of drug-likeness (QED) is 0.849. The normalized spacial score (nSPS) is 20.8. The topological polar surface area (TPSA) is 35.2 Å². The molecule has 2 atom stereocenters. The maximum Gasteiger partial charge on any atom is 0.126 e. The Balaban J connectivity index is 1.99. The van der Waals surface area contributed by atoms with E-state index in [9.17, 15) is 4.39 Å². The lowest BCUT2D eigenvalue weighted by atomic mass is 9.90. The summed E-state index contributed by atoms with van der Waals surface area (Å²) in [5, 5.41) is 0. The first-order valence-electron chi connectivity index (χ1n) is 7.25. The molecular formula is C18H20FNO. The molecule has 0 spiro atoms. The Bertz CT molecular complexity index is 696. The van der Waals surface area contributed by atoms with Gasteiger partial charge in [0.05, 0.1) is 0 Å². The van der Waals surface area contributed by atoms with Crippen LogP contribution in [0.25, 0.3) is 0 Å². The Hall–Kier alpha value is -1.87. The predicted octanol–water partition coefficient (Wildman–Crippen LogP) is 4.27. The van der Waals surface area contributed by atoms with Crippen LogP contribution < -0.4 is 10.5 Å². The summed E-state index contributed by atoms with van der Waals surface area (Å²) < 4.78 is 19.4. The lowest BCUT2D eigenvalue weighted by Gasteiger charge is -2.31. The molecule has 1 heterocycles. The Kier molecular flexibility index (Phi) is 3.46. The van der Waals surface area contributed by atoms with E-state index in [4.69, 9.17) is 10.5 Å². The summed E-state index contributed by atoms with van der Waals surface area (Å²) in [5.74, 6) is 0.423. The number of nitrogens with two attached hydrogens (primary N) is 1. The largest absolute Gasteiger partial charge is 0.485 e. The maximum absolute atomic E-state index is 13.3. The van der Waals surface area contributed by atoms with Crippen molar-refractivity contribution in [3.8, 4) is 5.75 Å². The summed E-state index contributed by atoms with van der Waals surface area (Å²) >= 11 is 0. The highest BCUT2D eigenvalue weighted by atomic mass is 19.1. The van der Waals surface area contributed by atoms with Crippen LogP contribution in [0.15, 0.2) is 30.3 Å². The van der Waals surface area contributed by atoms with Gasteiger partial charge in [-0.1, -0.05) is 12.1 Å². The van der Waals surface area contributed by atoms with Crippen LogP contribution in [0.1, 0.15) is 46.4 Å². The molecule has 2 aromatic carbocycles. The molecule has 3 heteroatoms. The molecule has 0 saturated carbocycles. The fourth-order valence-corrected chi connectivity index (χ4v) is 3.00. The summed E-state index contributed by atoms with van der Waals surface area (Å²) in [6, 6.07) is 8.73. The molecule has 3 rings (SSSR count). The standard InChI is InChI=1S/C18H20FNO/c1-10-6-12(3)14(7-11(10)2)18-9-16(20)15-8-13(19)4-5-17(15)21-18/h4-8,16,18H,9,20H2,1-3H3. The van der Waals surface area contributed by atoms with Crippen LogP contribution in [0, 0.1) is 26.6 Å². The molecule has 0 bridgehead atoms. The summed E-state index contributed by atoms with van der Waals surface area (Å²) in [7, 11) is 0. The molecule has 0 radical (unpaired) electrons. The van der Waals surface area contributed by atoms with Gasteiger partial charge in [0.25, 0.3) is 0 Å². The molecule has 2 nitrogen and oxygen atoms in total. The number of ether oxygens (including phenoxy) is 1. The van der Waals surface area contributed by atoms with E-state index >= 15 is 0 Å². The molecule has 110 valence electrons. The number of halogens is 1. The third-order valence-electron chi connectivity index (χ3n) is 4.34. The number of benzene rings is 2.